The van der Waals surface area contributed by atoms with Crippen LogP contribution in [0.3, 0.4) is 0 Å². The third-order valence-corrected chi connectivity index (χ3v) is 5.31. The molecule has 0 radical (unpaired) electrons. The highest BCUT2D eigenvalue weighted by molar-refractivity contribution is 6.05. The highest BCUT2D eigenvalue weighted by atomic mass is 19.1. The summed E-state index contributed by atoms with van der Waals surface area (Å²) in [6.45, 7) is 5.73. The van der Waals surface area contributed by atoms with E-state index in [0.717, 1.165) is 0 Å². The van der Waals surface area contributed by atoms with Crippen LogP contribution in [0.25, 0.3) is 0 Å². The number of nitrogens with zero attached hydrogens (tertiary/aromatic N) is 1. The number of carbonyl (C=O) groups is 2. The van der Waals surface area contributed by atoms with E-state index in [1.165, 1.54) is 6.07 Å². The van der Waals surface area contributed by atoms with Crippen molar-refractivity contribution >= 4 is 23.1 Å². The summed E-state index contributed by atoms with van der Waals surface area (Å²) in [7, 11) is 0. The lowest BCUT2D eigenvalue weighted by atomic mass is 9.89. The second kappa shape index (κ2) is 9.47. The van der Waals surface area contributed by atoms with Crippen LogP contribution in [0.1, 0.15) is 18.4 Å². The van der Waals surface area contributed by atoms with Crippen LogP contribution in [-0.4, -0.2) is 36.2 Å². The molecule has 2 aromatic carbocycles. The molecular weight excluding hydrogens is 369 g/mol. The van der Waals surface area contributed by atoms with Crippen molar-refractivity contribution in [3.63, 3.8) is 0 Å². The number of piperidine rings is 1. The Hall–Kier alpha value is -2.99. The zero-order valence-electron chi connectivity index (χ0n) is 16.4. The van der Waals surface area contributed by atoms with Gasteiger partial charge in [0.25, 0.3) is 5.91 Å². The van der Waals surface area contributed by atoms with E-state index in [9.17, 15) is 14.0 Å². The van der Waals surface area contributed by atoms with Crippen LogP contribution in [0.15, 0.2) is 60.7 Å². The summed E-state index contributed by atoms with van der Waals surface area (Å²) in [6.07, 6.45) is 1.53. The molecule has 6 heteroatoms. The molecule has 1 fully saturated rings. The fourth-order valence-corrected chi connectivity index (χ4v) is 3.55. The molecule has 152 valence electrons. The van der Waals surface area contributed by atoms with Crippen molar-refractivity contribution in [2.45, 2.75) is 19.3 Å². The zero-order chi connectivity index (χ0) is 20.8. The zero-order valence-corrected chi connectivity index (χ0v) is 16.4. The highest BCUT2D eigenvalue weighted by Gasteiger charge is 2.26. The van der Waals surface area contributed by atoms with Gasteiger partial charge in [0.05, 0.1) is 11.4 Å². The summed E-state index contributed by atoms with van der Waals surface area (Å²) in [5.41, 5.74) is 7.82. The first-order valence-corrected chi connectivity index (χ1v) is 9.76. The fraction of sp³-hybridized carbons (Fsp3) is 0.304. The second-order valence-corrected chi connectivity index (χ2v) is 7.43. The summed E-state index contributed by atoms with van der Waals surface area (Å²) < 4.78 is 13.8. The normalized spacial score (nSPS) is 15.1. The Balaban J connectivity index is 1.46. The van der Waals surface area contributed by atoms with Gasteiger partial charge in [0.2, 0.25) is 0 Å². The van der Waals surface area contributed by atoms with Gasteiger partial charge in [-0.25, -0.2) is 4.39 Å². The minimum Gasteiger partial charge on any atom is -0.397 e. The van der Waals surface area contributed by atoms with Gasteiger partial charge in [-0.2, -0.15) is 0 Å². The summed E-state index contributed by atoms with van der Waals surface area (Å²) in [6, 6.07) is 13.5. The Bertz CT molecular complexity index is 905. The first-order chi connectivity index (χ1) is 13.9. The monoisotopic (exact) mass is 395 g/mol. The quantitative estimate of drug-likeness (QED) is 0.556. The number of para-hydroxylation sites is 2. The van der Waals surface area contributed by atoms with Gasteiger partial charge in [0.15, 0.2) is 0 Å². The number of nitrogens with one attached hydrogen (secondary N) is 1. The largest absolute Gasteiger partial charge is 0.397 e. The maximum atomic E-state index is 13.8. The van der Waals surface area contributed by atoms with Crippen LogP contribution in [0.5, 0.6) is 0 Å². The van der Waals surface area contributed by atoms with Crippen molar-refractivity contribution in [1.82, 2.24) is 4.90 Å². The SMILES string of the molecule is C=C(CN1CCC(C(=O)Cc2ccccc2F)CC1)C(=O)Nc1ccccc1N. The Labute approximate surface area is 170 Å². The van der Waals surface area contributed by atoms with Crippen LogP contribution >= 0.6 is 0 Å². The molecule has 0 unspecified atom stereocenters. The average molecular weight is 395 g/mol. The van der Waals surface area contributed by atoms with Crippen LogP contribution in [0.2, 0.25) is 0 Å². The lowest BCUT2D eigenvalue weighted by Gasteiger charge is -2.31. The minimum absolute atomic E-state index is 0.0722. The highest BCUT2D eigenvalue weighted by Crippen LogP contribution is 2.22. The van der Waals surface area contributed by atoms with Crippen molar-refractivity contribution in [3.8, 4) is 0 Å². The number of amides is 1. The number of nitrogen functional groups attached to an aromatic ring is 1. The third kappa shape index (κ3) is 5.51. The molecule has 2 aromatic rings. The van der Waals surface area contributed by atoms with Crippen molar-refractivity contribution in [2.24, 2.45) is 5.92 Å². The molecule has 29 heavy (non-hydrogen) atoms. The molecule has 3 rings (SSSR count). The van der Waals surface area contributed by atoms with Gasteiger partial charge < -0.3 is 11.1 Å². The molecule has 1 aliphatic heterocycles. The molecule has 0 saturated carbocycles. The number of hydrogen-bond acceptors (Lipinski definition) is 4. The Morgan fingerprint density at radius 2 is 1.76 bits per heavy atom. The van der Waals surface area contributed by atoms with Gasteiger partial charge in [0.1, 0.15) is 11.6 Å². The maximum Gasteiger partial charge on any atom is 0.252 e. The minimum atomic E-state index is -0.334. The lowest BCUT2D eigenvalue weighted by molar-refractivity contribution is -0.123. The number of Topliss-reactive ketones (excluding diaryl/α,β-unsaturated/α-hetero) is 1. The number of anilines is 2. The van der Waals surface area contributed by atoms with E-state index < -0.39 is 0 Å². The van der Waals surface area contributed by atoms with E-state index in [1.807, 2.05) is 0 Å². The standard InChI is InChI=1S/C23H26FN3O2/c1-16(23(29)26-21-9-5-4-8-20(21)25)15-27-12-10-17(11-13-27)22(28)14-18-6-2-3-7-19(18)24/h2-9,17H,1,10-15,25H2,(H,26,29). The Kier molecular flexibility index (Phi) is 6.77. The summed E-state index contributed by atoms with van der Waals surface area (Å²) in [5, 5.41) is 2.78. The van der Waals surface area contributed by atoms with Crippen LogP contribution in [-0.2, 0) is 16.0 Å². The van der Waals surface area contributed by atoms with E-state index in [4.69, 9.17) is 5.73 Å². The Morgan fingerprint density at radius 1 is 1.10 bits per heavy atom. The lowest BCUT2D eigenvalue weighted by Crippen LogP contribution is -2.39. The van der Waals surface area contributed by atoms with Gasteiger partial charge >= 0.3 is 0 Å². The fourth-order valence-electron chi connectivity index (χ4n) is 3.55. The Morgan fingerprint density at radius 3 is 2.45 bits per heavy atom. The number of rotatable bonds is 7. The molecule has 1 aliphatic rings. The van der Waals surface area contributed by atoms with Gasteiger partial charge in [0, 0.05) is 24.5 Å². The molecule has 0 bridgehead atoms. The molecule has 0 aliphatic carbocycles. The molecule has 0 aromatic heterocycles. The van der Waals surface area contributed by atoms with E-state index >= 15 is 0 Å². The number of hydrogen-bond donors (Lipinski definition) is 2. The van der Waals surface area contributed by atoms with Crippen LogP contribution < -0.4 is 11.1 Å². The molecule has 0 atom stereocenters. The van der Waals surface area contributed by atoms with Crippen molar-refractivity contribution in [3.05, 3.63) is 72.1 Å². The summed E-state index contributed by atoms with van der Waals surface area (Å²) in [4.78, 5) is 27.0. The van der Waals surface area contributed by atoms with E-state index in [2.05, 4.69) is 16.8 Å². The van der Waals surface area contributed by atoms with E-state index in [1.54, 1.807) is 42.5 Å². The number of nitrogens with two attached hydrogens (primary N) is 1. The second-order valence-electron chi connectivity index (χ2n) is 7.43. The van der Waals surface area contributed by atoms with Crippen LogP contribution in [0.4, 0.5) is 15.8 Å². The third-order valence-electron chi connectivity index (χ3n) is 5.31. The smallest absolute Gasteiger partial charge is 0.252 e. The van der Waals surface area contributed by atoms with Gasteiger partial charge in [-0.1, -0.05) is 36.9 Å². The van der Waals surface area contributed by atoms with Crippen molar-refractivity contribution < 1.29 is 14.0 Å². The van der Waals surface area contributed by atoms with Gasteiger partial charge in [-0.05, 0) is 49.7 Å². The number of carbonyl (C=O) groups excluding carboxylic acids is 2. The van der Waals surface area contributed by atoms with Gasteiger partial charge in [-0.3, -0.25) is 14.5 Å². The molecule has 1 heterocycles. The van der Waals surface area contributed by atoms with Crippen molar-refractivity contribution in [2.75, 3.05) is 30.7 Å². The molecule has 0 spiro atoms. The molecule has 1 amide bonds. The van der Waals surface area contributed by atoms with E-state index in [0.29, 0.717) is 55.0 Å². The predicted molar refractivity (Wildman–Crippen MR) is 113 cm³/mol. The molecular formula is C23H26FN3O2. The number of halogens is 1. The molecule has 3 N–H and O–H groups in total. The summed E-state index contributed by atoms with van der Waals surface area (Å²) in [5.74, 6) is -0.594. The van der Waals surface area contributed by atoms with Gasteiger partial charge in [-0.15, -0.1) is 0 Å². The maximum absolute atomic E-state index is 13.8. The number of benzene rings is 2. The number of likely N-dealkylation sites (tertiary alicyclic amines) is 1. The topological polar surface area (TPSA) is 75.4 Å². The first kappa shape index (κ1) is 20.7. The number of ketones is 1. The van der Waals surface area contributed by atoms with E-state index in [-0.39, 0.29) is 29.8 Å². The first-order valence-electron chi connectivity index (χ1n) is 9.76. The van der Waals surface area contributed by atoms with Crippen molar-refractivity contribution in [1.29, 1.82) is 0 Å². The molecule has 5 nitrogen and oxygen atoms in total. The van der Waals surface area contributed by atoms with Crippen LogP contribution in [0, 0.1) is 11.7 Å². The predicted octanol–water partition coefficient (Wildman–Crippen LogP) is 3.43. The summed E-state index contributed by atoms with van der Waals surface area (Å²) >= 11 is 0. The average Bonchev–Trinajstić information content (AvgIpc) is 2.72. The molecule has 1 saturated heterocycles.